The topological polar surface area (TPSA) is 148 Å². The van der Waals surface area contributed by atoms with E-state index in [1.165, 1.54) is 12.1 Å². The second kappa shape index (κ2) is 11.5. The summed E-state index contributed by atoms with van der Waals surface area (Å²) in [6.45, 7) is 2.08. The lowest BCUT2D eigenvalue weighted by atomic mass is 10.2. The van der Waals surface area contributed by atoms with E-state index in [1.54, 1.807) is 19.1 Å². The number of para-hydroxylation sites is 1. The van der Waals surface area contributed by atoms with Gasteiger partial charge in [0.15, 0.2) is 6.61 Å². The van der Waals surface area contributed by atoms with E-state index in [-0.39, 0.29) is 22.8 Å². The second-order valence-corrected chi connectivity index (χ2v) is 8.43. The van der Waals surface area contributed by atoms with Crippen molar-refractivity contribution < 1.29 is 41.8 Å². The van der Waals surface area contributed by atoms with Crippen LogP contribution in [0.1, 0.15) is 24.2 Å². The number of nitrogens with one attached hydrogen (secondary N) is 2. The first kappa shape index (κ1) is 25.9. The predicted molar refractivity (Wildman–Crippen MR) is 114 cm³/mol. The molecule has 0 spiro atoms. The molecule has 0 unspecified atom stereocenters. The van der Waals surface area contributed by atoms with Crippen molar-refractivity contribution in [3.8, 4) is 0 Å². The molecule has 10 nitrogen and oxygen atoms in total. The summed E-state index contributed by atoms with van der Waals surface area (Å²) in [6.07, 6.45) is -1.51. The molecule has 1 amide bonds. The first-order chi connectivity index (χ1) is 15.5. The summed E-state index contributed by atoms with van der Waals surface area (Å²) in [5.74, 6) is -3.35. The minimum absolute atomic E-state index is 0.0907. The molecule has 0 heterocycles. The number of rotatable bonds is 10. The van der Waals surface area contributed by atoms with Gasteiger partial charge in [-0.05, 0) is 50.2 Å². The molecule has 0 radical (unpaired) electrons. The maximum atomic E-state index is 13.0. The number of aliphatic hydroxyl groups is 1. The van der Waals surface area contributed by atoms with Crippen molar-refractivity contribution in [2.75, 3.05) is 18.5 Å². The molecule has 33 heavy (non-hydrogen) atoms. The predicted octanol–water partition coefficient (Wildman–Crippen LogP) is 1.21. The number of aliphatic hydroxyl groups excluding tert-OH is 1. The molecule has 0 aliphatic heterocycles. The number of anilines is 1. The lowest BCUT2D eigenvalue weighted by Gasteiger charge is -2.20. The molecule has 2 rings (SSSR count). The van der Waals surface area contributed by atoms with Gasteiger partial charge in [-0.25, -0.2) is 17.6 Å². The van der Waals surface area contributed by atoms with Gasteiger partial charge in [-0.1, -0.05) is 12.1 Å². The fraction of sp³-hybridized carbons (Fsp3) is 0.286. The number of hydrogen-bond acceptors (Lipinski definition) is 8. The third kappa shape index (κ3) is 7.34. The van der Waals surface area contributed by atoms with Gasteiger partial charge in [0.05, 0.1) is 28.9 Å². The fourth-order valence-electron chi connectivity index (χ4n) is 2.58. The molecule has 178 valence electrons. The summed E-state index contributed by atoms with van der Waals surface area (Å²) >= 11 is 0. The van der Waals surface area contributed by atoms with Crippen LogP contribution in [0.15, 0.2) is 53.4 Å². The number of halogens is 1. The Morgan fingerprint density at radius 2 is 1.70 bits per heavy atom. The smallest absolute Gasteiger partial charge is 0.340 e. The molecule has 0 aromatic heterocycles. The number of carbonyl (C=O) groups is 3. The Hall–Kier alpha value is -3.35. The Morgan fingerprint density at radius 1 is 1.06 bits per heavy atom. The summed E-state index contributed by atoms with van der Waals surface area (Å²) < 4.78 is 49.6. The number of benzene rings is 2. The maximum absolute atomic E-state index is 13.0. The Bertz CT molecular complexity index is 1100. The summed E-state index contributed by atoms with van der Waals surface area (Å²) in [4.78, 5) is 36.2. The molecular formula is C21H23FN2O8S. The van der Waals surface area contributed by atoms with Crippen molar-refractivity contribution in [1.82, 2.24) is 4.72 Å². The van der Waals surface area contributed by atoms with Crippen LogP contribution in [0.3, 0.4) is 0 Å². The monoisotopic (exact) mass is 482 g/mol. The van der Waals surface area contributed by atoms with E-state index in [9.17, 15) is 32.3 Å². The molecule has 0 fully saturated rings. The van der Waals surface area contributed by atoms with E-state index in [4.69, 9.17) is 9.47 Å². The normalized spacial score (nSPS) is 13.0. The van der Waals surface area contributed by atoms with Gasteiger partial charge < -0.3 is 19.9 Å². The average Bonchev–Trinajstić information content (AvgIpc) is 2.76. The molecular weight excluding hydrogens is 459 g/mol. The molecule has 0 bridgehead atoms. The number of ether oxygens (including phenoxy) is 2. The molecule has 3 N–H and O–H groups in total. The van der Waals surface area contributed by atoms with Crippen molar-refractivity contribution in [3.63, 3.8) is 0 Å². The van der Waals surface area contributed by atoms with Crippen LogP contribution >= 0.6 is 0 Å². The van der Waals surface area contributed by atoms with Gasteiger partial charge in [-0.2, -0.15) is 4.72 Å². The van der Waals surface area contributed by atoms with E-state index in [0.717, 1.165) is 31.2 Å². The lowest BCUT2D eigenvalue weighted by Crippen LogP contribution is -2.48. The highest BCUT2D eigenvalue weighted by Crippen LogP contribution is 2.16. The number of amides is 1. The van der Waals surface area contributed by atoms with Crippen molar-refractivity contribution in [2.45, 2.75) is 30.9 Å². The lowest BCUT2D eigenvalue weighted by molar-refractivity contribution is -0.151. The zero-order chi connectivity index (χ0) is 24.6. The SMILES string of the molecule is CCOC(=O)c1ccccc1NC(=O)COC(=O)[C@@H](NS(=O)(=O)c1ccc(F)cc1)[C@@H](C)O. The van der Waals surface area contributed by atoms with Gasteiger partial charge in [0, 0.05) is 0 Å². The number of sulfonamides is 1. The van der Waals surface area contributed by atoms with Crippen LogP contribution in [0, 0.1) is 5.82 Å². The number of carbonyl (C=O) groups excluding carboxylic acids is 3. The minimum atomic E-state index is -4.30. The Kier molecular flexibility index (Phi) is 9.02. The molecule has 0 saturated carbocycles. The van der Waals surface area contributed by atoms with Crippen molar-refractivity contribution in [2.24, 2.45) is 0 Å². The Balaban J connectivity index is 2.03. The zero-order valence-corrected chi connectivity index (χ0v) is 18.6. The van der Waals surface area contributed by atoms with Gasteiger partial charge in [0.25, 0.3) is 5.91 Å². The van der Waals surface area contributed by atoms with Crippen molar-refractivity contribution in [1.29, 1.82) is 0 Å². The van der Waals surface area contributed by atoms with E-state index in [2.05, 4.69) is 5.32 Å². The standard InChI is InChI=1S/C21H23FN2O8S/c1-3-31-20(27)16-6-4-5-7-17(16)23-18(26)12-32-21(28)19(13(2)25)24-33(29,30)15-10-8-14(22)9-11-15/h4-11,13,19,24-25H,3,12H2,1-2H3,(H,23,26)/t13-,19+/m1/s1. The quantitative estimate of drug-likeness (QED) is 0.428. The van der Waals surface area contributed by atoms with Crippen LogP contribution in [-0.4, -0.2) is 56.7 Å². The van der Waals surface area contributed by atoms with Crippen LogP contribution < -0.4 is 10.0 Å². The van der Waals surface area contributed by atoms with E-state index in [1.807, 2.05) is 4.72 Å². The van der Waals surface area contributed by atoms with Crippen LogP contribution in [0.4, 0.5) is 10.1 Å². The maximum Gasteiger partial charge on any atom is 0.340 e. The highest BCUT2D eigenvalue weighted by atomic mass is 32.2. The Labute approximate surface area is 189 Å². The van der Waals surface area contributed by atoms with Gasteiger partial charge in [-0.15, -0.1) is 0 Å². The molecule has 0 saturated heterocycles. The first-order valence-corrected chi connectivity index (χ1v) is 11.2. The molecule has 2 aromatic carbocycles. The van der Waals surface area contributed by atoms with Gasteiger partial charge in [0.1, 0.15) is 11.9 Å². The molecule has 2 atom stereocenters. The van der Waals surface area contributed by atoms with Crippen LogP contribution in [0.25, 0.3) is 0 Å². The number of hydrogen-bond donors (Lipinski definition) is 3. The van der Waals surface area contributed by atoms with Crippen LogP contribution in [-0.2, 0) is 29.1 Å². The van der Waals surface area contributed by atoms with Crippen LogP contribution in [0.5, 0.6) is 0 Å². The zero-order valence-electron chi connectivity index (χ0n) is 17.8. The van der Waals surface area contributed by atoms with Crippen molar-refractivity contribution in [3.05, 3.63) is 59.9 Å². The van der Waals surface area contributed by atoms with E-state index in [0.29, 0.717) is 0 Å². The third-order valence-electron chi connectivity index (χ3n) is 4.18. The van der Waals surface area contributed by atoms with Crippen molar-refractivity contribution >= 4 is 33.6 Å². The van der Waals surface area contributed by atoms with Gasteiger partial charge in [-0.3, -0.25) is 9.59 Å². The summed E-state index contributed by atoms with van der Waals surface area (Å²) in [6, 6.07) is 8.09. The highest BCUT2D eigenvalue weighted by molar-refractivity contribution is 7.89. The molecule has 0 aliphatic carbocycles. The van der Waals surface area contributed by atoms with Gasteiger partial charge in [0.2, 0.25) is 10.0 Å². The Morgan fingerprint density at radius 3 is 2.30 bits per heavy atom. The van der Waals surface area contributed by atoms with E-state index < -0.39 is 52.4 Å². The largest absolute Gasteiger partial charge is 0.462 e. The fourth-order valence-corrected chi connectivity index (χ4v) is 3.84. The average molecular weight is 482 g/mol. The molecule has 0 aliphatic rings. The summed E-state index contributed by atoms with van der Waals surface area (Å²) in [5.41, 5.74) is 0.217. The van der Waals surface area contributed by atoms with Gasteiger partial charge >= 0.3 is 11.9 Å². The highest BCUT2D eigenvalue weighted by Gasteiger charge is 2.31. The number of esters is 2. The summed E-state index contributed by atoms with van der Waals surface area (Å²) in [7, 11) is -4.30. The minimum Gasteiger partial charge on any atom is -0.462 e. The van der Waals surface area contributed by atoms with Crippen LogP contribution in [0.2, 0.25) is 0 Å². The first-order valence-electron chi connectivity index (χ1n) is 9.73. The second-order valence-electron chi connectivity index (χ2n) is 6.72. The molecule has 2 aromatic rings. The summed E-state index contributed by atoms with van der Waals surface area (Å²) in [5, 5.41) is 12.2. The van der Waals surface area contributed by atoms with E-state index >= 15 is 0 Å². The molecule has 12 heteroatoms. The third-order valence-corrected chi connectivity index (χ3v) is 5.64.